The summed E-state index contributed by atoms with van der Waals surface area (Å²) in [6.07, 6.45) is 6.15. The van der Waals surface area contributed by atoms with Crippen molar-refractivity contribution in [1.29, 1.82) is 0 Å². The van der Waals surface area contributed by atoms with Gasteiger partial charge in [0.1, 0.15) is 6.29 Å². The van der Waals surface area contributed by atoms with Gasteiger partial charge in [-0.3, -0.25) is 4.79 Å². The Morgan fingerprint density at radius 3 is 1.52 bits per heavy atom. The summed E-state index contributed by atoms with van der Waals surface area (Å²) < 4.78 is 0. The summed E-state index contributed by atoms with van der Waals surface area (Å²) in [5.74, 6) is 0.682. The van der Waals surface area contributed by atoms with E-state index in [9.17, 15) is 4.79 Å². The minimum Gasteiger partial charge on any atom is -0.343 e. The van der Waals surface area contributed by atoms with E-state index in [1.807, 2.05) is 25.8 Å². The molecule has 0 aliphatic carbocycles. The molecule has 3 nitrogen and oxygen atoms in total. The fourth-order valence-corrected chi connectivity index (χ4v) is 1.63. The van der Waals surface area contributed by atoms with Gasteiger partial charge in [-0.2, -0.15) is 0 Å². The second-order valence-corrected chi connectivity index (χ2v) is 5.65. The van der Waals surface area contributed by atoms with Gasteiger partial charge >= 0.3 is 0 Å². The van der Waals surface area contributed by atoms with Crippen LogP contribution >= 0.6 is 11.6 Å². The number of aldehydes is 1. The predicted octanol–water partition coefficient (Wildman–Crippen LogP) is 5.94. The van der Waals surface area contributed by atoms with Crippen LogP contribution in [0.1, 0.15) is 87.5 Å². The molecule has 23 heavy (non-hydrogen) atoms. The van der Waals surface area contributed by atoms with Gasteiger partial charge < -0.3 is 9.69 Å². The first-order valence-electron chi connectivity index (χ1n) is 9.13. The van der Waals surface area contributed by atoms with Crippen molar-refractivity contribution in [2.24, 2.45) is 5.92 Å². The normalized spacial score (nSPS) is 8.87. The van der Waals surface area contributed by atoms with E-state index in [2.05, 4.69) is 41.5 Å². The molecule has 0 radical (unpaired) electrons. The number of carbonyl (C=O) groups is 2. The lowest BCUT2D eigenvalue weighted by Crippen LogP contribution is -2.37. The van der Waals surface area contributed by atoms with E-state index in [-0.39, 0.29) is 11.8 Å². The lowest BCUT2D eigenvalue weighted by Gasteiger charge is -2.26. The van der Waals surface area contributed by atoms with E-state index >= 15 is 0 Å². The molecule has 0 aromatic rings. The van der Waals surface area contributed by atoms with E-state index in [1.54, 1.807) is 0 Å². The van der Waals surface area contributed by atoms with Crippen molar-refractivity contribution >= 4 is 23.8 Å². The van der Waals surface area contributed by atoms with Crippen LogP contribution in [-0.2, 0) is 9.59 Å². The second-order valence-electron chi connectivity index (χ2n) is 5.35. The Kier molecular flexibility index (Phi) is 34.7. The molecule has 0 aromatic heterocycles. The standard InChI is InChI=1S/C12H25NO.C3H8.C2H3ClO.C2H6/c1-6-8-11(9-7-2)12(14)13(5)10(3)4;1-3-2;3-1-2-4;1-2/h10-11H,6-9H2,1-5H3;3H2,1-2H3;2H,1H2;1-2H3. The van der Waals surface area contributed by atoms with Crippen LogP contribution in [0, 0.1) is 5.92 Å². The highest BCUT2D eigenvalue weighted by Gasteiger charge is 2.21. The van der Waals surface area contributed by atoms with Crippen molar-refractivity contribution in [3.05, 3.63) is 0 Å². The molecule has 0 saturated heterocycles. The molecule has 0 heterocycles. The molecular weight excluding hydrogens is 310 g/mol. The van der Waals surface area contributed by atoms with Gasteiger partial charge in [0.15, 0.2) is 0 Å². The highest BCUT2D eigenvalue weighted by atomic mass is 35.5. The SMILES string of the molecule is CC.CCC.CCCC(CCC)C(=O)N(C)C(C)C.O=CCCl. The quantitative estimate of drug-likeness (QED) is 0.420. The monoisotopic (exact) mass is 351 g/mol. The Balaban J connectivity index is -0.000000166. The summed E-state index contributed by atoms with van der Waals surface area (Å²) in [6.45, 7) is 16.7. The minimum absolute atomic E-state index is 0.111. The number of amides is 1. The van der Waals surface area contributed by atoms with Gasteiger partial charge in [0.25, 0.3) is 0 Å². The summed E-state index contributed by atoms with van der Waals surface area (Å²) in [4.78, 5) is 22.9. The van der Waals surface area contributed by atoms with Crippen LogP contribution in [0.2, 0.25) is 0 Å². The minimum atomic E-state index is 0.111. The summed E-state index contributed by atoms with van der Waals surface area (Å²) in [7, 11) is 1.91. The van der Waals surface area contributed by atoms with E-state index < -0.39 is 0 Å². The van der Waals surface area contributed by atoms with Gasteiger partial charge in [-0.05, 0) is 26.7 Å². The molecule has 0 aromatic carbocycles. The van der Waals surface area contributed by atoms with Crippen molar-refractivity contribution in [3.63, 3.8) is 0 Å². The molecular formula is C19H42ClNO2. The summed E-state index contributed by atoms with van der Waals surface area (Å²) in [5, 5.41) is 0. The lowest BCUT2D eigenvalue weighted by molar-refractivity contribution is -0.136. The first kappa shape index (κ1) is 30.3. The molecule has 0 atom stereocenters. The number of nitrogens with zero attached hydrogens (tertiary/aromatic N) is 1. The maximum absolute atomic E-state index is 12.0. The van der Waals surface area contributed by atoms with Crippen LogP contribution in [0.25, 0.3) is 0 Å². The molecule has 0 aliphatic rings. The largest absolute Gasteiger partial charge is 0.343 e. The number of hydrogen-bond donors (Lipinski definition) is 0. The molecule has 4 heteroatoms. The predicted molar refractivity (Wildman–Crippen MR) is 105 cm³/mol. The van der Waals surface area contributed by atoms with Gasteiger partial charge in [0.2, 0.25) is 5.91 Å². The average molecular weight is 352 g/mol. The Morgan fingerprint density at radius 1 is 1.04 bits per heavy atom. The maximum atomic E-state index is 12.0. The lowest BCUT2D eigenvalue weighted by atomic mass is 9.96. The summed E-state index contributed by atoms with van der Waals surface area (Å²) in [5.41, 5.74) is 0. The summed E-state index contributed by atoms with van der Waals surface area (Å²) >= 11 is 4.82. The first-order chi connectivity index (χ1) is 10.9. The third kappa shape index (κ3) is 23.8. The fourth-order valence-electron chi connectivity index (χ4n) is 1.63. The molecule has 1 amide bonds. The van der Waals surface area contributed by atoms with Crippen molar-refractivity contribution < 1.29 is 9.59 Å². The third-order valence-corrected chi connectivity index (χ3v) is 2.93. The second kappa shape index (κ2) is 26.3. The van der Waals surface area contributed by atoms with Crippen molar-refractivity contribution in [2.75, 3.05) is 12.9 Å². The Hall–Kier alpha value is -0.570. The molecule has 0 spiro atoms. The van der Waals surface area contributed by atoms with Crippen molar-refractivity contribution in [2.45, 2.75) is 93.5 Å². The fraction of sp³-hybridized carbons (Fsp3) is 0.895. The number of hydrogen-bond acceptors (Lipinski definition) is 2. The maximum Gasteiger partial charge on any atom is 0.225 e. The average Bonchev–Trinajstić information content (AvgIpc) is 2.56. The van der Waals surface area contributed by atoms with Crippen LogP contribution in [0.15, 0.2) is 0 Å². The Bertz CT molecular complexity index is 227. The van der Waals surface area contributed by atoms with E-state index in [4.69, 9.17) is 16.4 Å². The van der Waals surface area contributed by atoms with Gasteiger partial charge in [0.05, 0.1) is 5.88 Å². The van der Waals surface area contributed by atoms with E-state index in [0.717, 1.165) is 25.7 Å². The highest BCUT2D eigenvalue weighted by molar-refractivity contribution is 6.24. The zero-order valence-corrected chi connectivity index (χ0v) is 17.9. The van der Waals surface area contributed by atoms with Crippen LogP contribution < -0.4 is 0 Å². The van der Waals surface area contributed by atoms with Gasteiger partial charge in [-0.15, -0.1) is 11.6 Å². The molecule has 0 unspecified atom stereocenters. The third-order valence-electron chi connectivity index (χ3n) is 2.81. The molecule has 0 saturated carbocycles. The number of carbonyl (C=O) groups excluding carboxylic acids is 2. The molecule has 0 bridgehead atoms. The van der Waals surface area contributed by atoms with Crippen LogP contribution in [-0.4, -0.2) is 36.1 Å². The van der Waals surface area contributed by atoms with E-state index in [0.29, 0.717) is 18.2 Å². The first-order valence-corrected chi connectivity index (χ1v) is 9.67. The van der Waals surface area contributed by atoms with Crippen LogP contribution in [0.4, 0.5) is 0 Å². The van der Waals surface area contributed by atoms with Crippen molar-refractivity contribution in [1.82, 2.24) is 4.90 Å². The topological polar surface area (TPSA) is 37.4 Å². The number of halogens is 1. The zero-order valence-electron chi connectivity index (χ0n) is 17.1. The van der Waals surface area contributed by atoms with Crippen molar-refractivity contribution in [3.8, 4) is 0 Å². The molecule has 0 fully saturated rings. The zero-order chi connectivity index (χ0) is 19.3. The Labute approximate surface area is 151 Å². The van der Waals surface area contributed by atoms with Crippen LogP contribution in [0.5, 0.6) is 0 Å². The van der Waals surface area contributed by atoms with Crippen LogP contribution in [0.3, 0.4) is 0 Å². The molecule has 0 N–H and O–H groups in total. The highest BCUT2D eigenvalue weighted by Crippen LogP contribution is 2.17. The number of rotatable bonds is 7. The van der Waals surface area contributed by atoms with Gasteiger partial charge in [0, 0.05) is 19.0 Å². The van der Waals surface area contributed by atoms with Gasteiger partial charge in [-0.25, -0.2) is 0 Å². The number of alkyl halides is 1. The molecule has 0 aliphatic heterocycles. The summed E-state index contributed by atoms with van der Waals surface area (Å²) in [6, 6.07) is 0.318. The van der Waals surface area contributed by atoms with E-state index in [1.165, 1.54) is 6.42 Å². The molecule has 0 rings (SSSR count). The molecule has 142 valence electrons. The smallest absolute Gasteiger partial charge is 0.225 e. The Morgan fingerprint density at radius 2 is 1.35 bits per heavy atom. The van der Waals surface area contributed by atoms with Gasteiger partial charge in [-0.1, -0.05) is 60.8 Å².